The van der Waals surface area contributed by atoms with Crippen LogP contribution in [0.25, 0.3) is 0 Å². The van der Waals surface area contributed by atoms with Gasteiger partial charge in [-0.15, -0.1) is 24.0 Å². The third-order valence-corrected chi connectivity index (χ3v) is 3.12. The van der Waals surface area contributed by atoms with E-state index in [1.54, 1.807) is 6.20 Å². The van der Waals surface area contributed by atoms with Crippen molar-refractivity contribution in [3.05, 3.63) is 59.9 Å². The fourth-order valence-corrected chi connectivity index (χ4v) is 2.05. The summed E-state index contributed by atoms with van der Waals surface area (Å²) in [5.74, 6) is 1.66. The Morgan fingerprint density at radius 1 is 1.08 bits per heavy atom. The van der Waals surface area contributed by atoms with Crippen molar-refractivity contribution in [1.82, 2.24) is 15.6 Å². The lowest BCUT2D eigenvalue weighted by molar-refractivity contribution is 0.301. The van der Waals surface area contributed by atoms with E-state index >= 15 is 0 Å². The van der Waals surface area contributed by atoms with Crippen LogP contribution >= 0.6 is 24.0 Å². The van der Waals surface area contributed by atoms with Crippen molar-refractivity contribution in [1.29, 1.82) is 0 Å². The Morgan fingerprint density at radius 2 is 1.88 bits per heavy atom. The molecule has 0 bridgehead atoms. The summed E-state index contributed by atoms with van der Waals surface area (Å²) in [6.45, 7) is 6.87. The smallest absolute Gasteiger partial charge is 0.191 e. The summed E-state index contributed by atoms with van der Waals surface area (Å²) in [4.78, 5) is 8.81. The van der Waals surface area contributed by atoms with Crippen LogP contribution in [0.5, 0.6) is 5.75 Å². The molecule has 2 aromatic rings. The maximum atomic E-state index is 5.79. The number of benzene rings is 1. The van der Waals surface area contributed by atoms with E-state index in [2.05, 4.69) is 34.5 Å². The molecule has 0 atom stereocenters. The highest BCUT2D eigenvalue weighted by Gasteiger charge is 2.00. The third-order valence-electron chi connectivity index (χ3n) is 3.12. The zero-order chi connectivity index (χ0) is 16.3. The molecular weight excluding hydrogens is 415 g/mol. The highest BCUT2D eigenvalue weighted by Crippen LogP contribution is 2.15. The Hall–Kier alpha value is -1.83. The van der Waals surface area contributed by atoms with Crippen molar-refractivity contribution < 1.29 is 4.74 Å². The van der Waals surface area contributed by atoms with Crippen LogP contribution in [0, 0.1) is 0 Å². The number of aromatic nitrogens is 1. The van der Waals surface area contributed by atoms with E-state index < -0.39 is 0 Å². The molecule has 130 valence electrons. The highest BCUT2D eigenvalue weighted by molar-refractivity contribution is 14.0. The van der Waals surface area contributed by atoms with E-state index in [1.165, 1.54) is 0 Å². The second-order valence-electron chi connectivity index (χ2n) is 4.98. The van der Waals surface area contributed by atoms with Gasteiger partial charge in [0.1, 0.15) is 12.4 Å². The number of guanidine groups is 1. The van der Waals surface area contributed by atoms with Gasteiger partial charge in [-0.05, 0) is 43.7 Å². The van der Waals surface area contributed by atoms with Gasteiger partial charge < -0.3 is 15.4 Å². The van der Waals surface area contributed by atoms with E-state index in [1.807, 2.05) is 42.5 Å². The molecule has 2 rings (SSSR count). The van der Waals surface area contributed by atoms with Crippen LogP contribution in [0.4, 0.5) is 0 Å². The molecule has 0 saturated carbocycles. The Labute approximate surface area is 161 Å². The molecule has 0 unspecified atom stereocenters. The summed E-state index contributed by atoms with van der Waals surface area (Å²) >= 11 is 0. The number of aliphatic imine (C=N–C) groups is 1. The van der Waals surface area contributed by atoms with Gasteiger partial charge in [-0.2, -0.15) is 0 Å². The topological polar surface area (TPSA) is 58.5 Å². The van der Waals surface area contributed by atoms with Crippen LogP contribution in [-0.4, -0.2) is 24.0 Å². The first-order valence-electron chi connectivity index (χ1n) is 7.95. The average molecular weight is 440 g/mol. The van der Waals surface area contributed by atoms with Crippen molar-refractivity contribution in [2.45, 2.75) is 27.0 Å². The molecule has 0 spiro atoms. The number of rotatable bonds is 7. The average Bonchev–Trinajstić information content (AvgIpc) is 2.60. The molecule has 5 nitrogen and oxygen atoms in total. The zero-order valence-electron chi connectivity index (χ0n) is 14.2. The largest absolute Gasteiger partial charge is 0.487 e. The molecule has 1 aromatic heterocycles. The lowest BCUT2D eigenvalue weighted by atomic mass is 10.2. The van der Waals surface area contributed by atoms with E-state index in [-0.39, 0.29) is 24.0 Å². The molecule has 1 aromatic carbocycles. The number of nitrogens with one attached hydrogen (secondary N) is 2. The van der Waals surface area contributed by atoms with Crippen molar-refractivity contribution in [2.75, 3.05) is 13.1 Å². The zero-order valence-corrected chi connectivity index (χ0v) is 16.5. The normalized spacial score (nSPS) is 9.58. The lowest BCUT2D eigenvalue weighted by Gasteiger charge is -2.10. The number of hydrogen-bond donors (Lipinski definition) is 2. The van der Waals surface area contributed by atoms with Crippen LogP contribution in [0.1, 0.15) is 25.1 Å². The molecule has 1 heterocycles. The van der Waals surface area contributed by atoms with Crippen LogP contribution in [0.2, 0.25) is 0 Å². The predicted molar refractivity (Wildman–Crippen MR) is 109 cm³/mol. The van der Waals surface area contributed by atoms with Gasteiger partial charge in [0.25, 0.3) is 0 Å². The molecule has 0 fully saturated rings. The molecule has 2 N–H and O–H groups in total. The summed E-state index contributed by atoms with van der Waals surface area (Å²) < 4.78 is 5.79. The Kier molecular flexibility index (Phi) is 9.83. The van der Waals surface area contributed by atoms with Gasteiger partial charge in [-0.1, -0.05) is 18.2 Å². The second kappa shape index (κ2) is 11.7. The summed E-state index contributed by atoms with van der Waals surface area (Å²) in [7, 11) is 0. The second-order valence-corrected chi connectivity index (χ2v) is 4.98. The Morgan fingerprint density at radius 3 is 2.54 bits per heavy atom. The molecule has 6 heteroatoms. The van der Waals surface area contributed by atoms with Gasteiger partial charge in [0.15, 0.2) is 5.96 Å². The molecule has 0 amide bonds. The van der Waals surface area contributed by atoms with Crippen molar-refractivity contribution in [3.8, 4) is 5.75 Å². The van der Waals surface area contributed by atoms with Crippen LogP contribution < -0.4 is 15.4 Å². The van der Waals surface area contributed by atoms with Crippen molar-refractivity contribution in [2.24, 2.45) is 4.99 Å². The van der Waals surface area contributed by atoms with Gasteiger partial charge in [-0.3, -0.25) is 4.98 Å². The standard InChI is InChI=1S/C18H24N4O.HI/c1-3-19-18(20-4-2)22-13-15-8-7-10-17(12-15)23-14-16-9-5-6-11-21-16;/h5-12H,3-4,13-14H2,1-2H3,(H2,19,20,22);1H. The third kappa shape index (κ3) is 7.16. The molecule has 0 aliphatic heterocycles. The highest BCUT2D eigenvalue weighted by atomic mass is 127. The number of ether oxygens (including phenoxy) is 1. The molecular formula is C18H25IN4O. The minimum atomic E-state index is 0. The summed E-state index contributed by atoms with van der Waals surface area (Å²) in [5, 5.41) is 6.43. The number of nitrogens with zero attached hydrogens (tertiary/aromatic N) is 2. The van der Waals surface area contributed by atoms with Gasteiger partial charge in [0, 0.05) is 19.3 Å². The van der Waals surface area contributed by atoms with E-state index in [4.69, 9.17) is 4.74 Å². The first kappa shape index (κ1) is 20.2. The lowest BCUT2D eigenvalue weighted by Crippen LogP contribution is -2.36. The monoisotopic (exact) mass is 440 g/mol. The maximum absolute atomic E-state index is 5.79. The molecule has 0 radical (unpaired) electrons. The molecule has 0 aliphatic carbocycles. The Bertz CT molecular complexity index is 611. The van der Waals surface area contributed by atoms with Crippen molar-refractivity contribution in [3.63, 3.8) is 0 Å². The van der Waals surface area contributed by atoms with E-state index in [9.17, 15) is 0 Å². The van der Waals surface area contributed by atoms with Gasteiger partial charge >= 0.3 is 0 Å². The number of pyridine rings is 1. The van der Waals surface area contributed by atoms with E-state index in [0.717, 1.165) is 36.1 Å². The summed E-state index contributed by atoms with van der Waals surface area (Å²) in [6.07, 6.45) is 1.77. The SMILES string of the molecule is CCNC(=NCc1cccc(OCc2ccccn2)c1)NCC.I. The van der Waals surface area contributed by atoms with Crippen LogP contribution in [-0.2, 0) is 13.2 Å². The van der Waals surface area contributed by atoms with Gasteiger partial charge in [-0.25, -0.2) is 4.99 Å². The molecule has 24 heavy (non-hydrogen) atoms. The van der Waals surface area contributed by atoms with Gasteiger partial charge in [0.05, 0.1) is 12.2 Å². The predicted octanol–water partition coefficient (Wildman–Crippen LogP) is 3.35. The summed E-state index contributed by atoms with van der Waals surface area (Å²) in [5.41, 5.74) is 2.02. The van der Waals surface area contributed by atoms with Crippen LogP contribution in [0.15, 0.2) is 53.7 Å². The van der Waals surface area contributed by atoms with Crippen LogP contribution in [0.3, 0.4) is 0 Å². The minimum Gasteiger partial charge on any atom is -0.487 e. The molecule has 0 aliphatic rings. The van der Waals surface area contributed by atoms with Crippen molar-refractivity contribution >= 4 is 29.9 Å². The fraction of sp³-hybridized carbons (Fsp3) is 0.333. The number of halogens is 1. The quantitative estimate of drug-likeness (QED) is 0.394. The minimum absolute atomic E-state index is 0. The molecule has 0 saturated heterocycles. The summed E-state index contributed by atoms with van der Waals surface area (Å²) in [6, 6.07) is 13.8. The first-order valence-corrected chi connectivity index (χ1v) is 7.95. The maximum Gasteiger partial charge on any atom is 0.191 e. The van der Waals surface area contributed by atoms with Gasteiger partial charge in [0.2, 0.25) is 0 Å². The fourth-order valence-electron chi connectivity index (χ4n) is 2.05. The number of hydrogen-bond acceptors (Lipinski definition) is 3. The first-order chi connectivity index (χ1) is 11.3. The van der Waals surface area contributed by atoms with E-state index in [0.29, 0.717) is 13.2 Å². The Balaban J connectivity index is 0.00000288.